The normalized spacial score (nSPS) is 22.0. The molecule has 1 saturated carbocycles. The Bertz CT molecular complexity index is 475. The Hall–Kier alpha value is -1.06. The van der Waals surface area contributed by atoms with Crippen molar-refractivity contribution >= 4 is 17.5 Å². The molecular weight excluding hydrogens is 284 g/mol. The summed E-state index contributed by atoms with van der Waals surface area (Å²) in [4.78, 5) is 16.2. The number of carbonyl (C=O) groups excluding carboxylic acids is 1. The Balaban J connectivity index is 1.55. The monoisotopic (exact) mass is 306 g/mol. The molecule has 4 heteroatoms. The van der Waals surface area contributed by atoms with Gasteiger partial charge in [-0.3, -0.25) is 9.69 Å². The molecule has 3 rings (SSSR count). The second-order valence-corrected chi connectivity index (χ2v) is 6.54. The van der Waals surface area contributed by atoms with Crippen LogP contribution in [0.4, 0.5) is 0 Å². The average Bonchev–Trinajstić information content (AvgIpc) is 3.26. The summed E-state index contributed by atoms with van der Waals surface area (Å²) in [6.45, 7) is 3.89. The van der Waals surface area contributed by atoms with Crippen LogP contribution in [-0.4, -0.2) is 47.3 Å². The third kappa shape index (κ3) is 3.98. The standard InChI is InChI=1S/C17H23ClN2O/c18-10-17(21)19-9-8-15(12-19)13-20(16-6-7-16)11-14-4-2-1-3-5-14/h1-5,15-16H,6-13H2. The van der Waals surface area contributed by atoms with Gasteiger partial charge in [0.25, 0.3) is 0 Å². The molecule has 0 N–H and O–H groups in total. The minimum absolute atomic E-state index is 0.0835. The number of amides is 1. The minimum atomic E-state index is 0.0835. The minimum Gasteiger partial charge on any atom is -0.341 e. The van der Waals surface area contributed by atoms with Crippen molar-refractivity contribution < 1.29 is 4.79 Å². The zero-order valence-corrected chi connectivity index (χ0v) is 13.1. The van der Waals surface area contributed by atoms with Gasteiger partial charge in [0, 0.05) is 32.2 Å². The molecule has 1 aromatic carbocycles. The quantitative estimate of drug-likeness (QED) is 0.755. The highest BCUT2D eigenvalue weighted by Crippen LogP contribution is 2.30. The molecule has 1 amide bonds. The second-order valence-electron chi connectivity index (χ2n) is 6.27. The van der Waals surface area contributed by atoms with Gasteiger partial charge in [0.15, 0.2) is 0 Å². The lowest BCUT2D eigenvalue weighted by Crippen LogP contribution is -2.34. The molecule has 1 heterocycles. The summed E-state index contributed by atoms with van der Waals surface area (Å²) < 4.78 is 0. The largest absolute Gasteiger partial charge is 0.341 e. The number of alkyl halides is 1. The van der Waals surface area contributed by atoms with E-state index in [0.717, 1.165) is 38.6 Å². The van der Waals surface area contributed by atoms with Crippen LogP contribution >= 0.6 is 11.6 Å². The van der Waals surface area contributed by atoms with Gasteiger partial charge < -0.3 is 4.90 Å². The first-order chi connectivity index (χ1) is 10.3. The Labute approximate surface area is 131 Å². The lowest BCUT2D eigenvalue weighted by molar-refractivity contribution is -0.127. The fraction of sp³-hybridized carbons (Fsp3) is 0.588. The maximum absolute atomic E-state index is 11.7. The van der Waals surface area contributed by atoms with Crippen molar-refractivity contribution in [2.24, 2.45) is 5.92 Å². The van der Waals surface area contributed by atoms with E-state index in [9.17, 15) is 4.79 Å². The van der Waals surface area contributed by atoms with Crippen molar-refractivity contribution in [3.63, 3.8) is 0 Å². The molecule has 1 aliphatic heterocycles. The van der Waals surface area contributed by atoms with Gasteiger partial charge in [-0.25, -0.2) is 0 Å². The fourth-order valence-corrected chi connectivity index (χ4v) is 3.39. The highest BCUT2D eigenvalue weighted by molar-refractivity contribution is 6.27. The lowest BCUT2D eigenvalue weighted by Gasteiger charge is -2.25. The predicted octanol–water partition coefficient (Wildman–Crippen LogP) is 2.74. The van der Waals surface area contributed by atoms with E-state index in [4.69, 9.17) is 11.6 Å². The van der Waals surface area contributed by atoms with E-state index in [0.29, 0.717) is 5.92 Å². The molecule has 0 bridgehead atoms. The Morgan fingerprint density at radius 3 is 2.67 bits per heavy atom. The number of rotatable bonds is 6. The molecule has 1 aromatic rings. The van der Waals surface area contributed by atoms with Crippen molar-refractivity contribution in [2.45, 2.75) is 31.8 Å². The molecule has 3 nitrogen and oxygen atoms in total. The topological polar surface area (TPSA) is 23.6 Å². The van der Waals surface area contributed by atoms with E-state index in [2.05, 4.69) is 35.2 Å². The summed E-state index contributed by atoms with van der Waals surface area (Å²) in [5.74, 6) is 0.796. The van der Waals surface area contributed by atoms with Crippen LogP contribution in [0.2, 0.25) is 0 Å². The van der Waals surface area contributed by atoms with Crippen molar-refractivity contribution in [1.29, 1.82) is 0 Å². The number of benzene rings is 1. The van der Waals surface area contributed by atoms with E-state index >= 15 is 0 Å². The van der Waals surface area contributed by atoms with Gasteiger partial charge in [-0.1, -0.05) is 30.3 Å². The highest BCUT2D eigenvalue weighted by Gasteiger charge is 2.33. The van der Waals surface area contributed by atoms with Crippen LogP contribution in [0.15, 0.2) is 30.3 Å². The van der Waals surface area contributed by atoms with E-state index in [1.54, 1.807) is 0 Å². The van der Waals surface area contributed by atoms with E-state index in [1.807, 2.05) is 4.90 Å². The first-order valence-corrected chi connectivity index (χ1v) is 8.41. The van der Waals surface area contributed by atoms with Gasteiger partial charge in [0.05, 0.1) is 0 Å². The van der Waals surface area contributed by atoms with Crippen molar-refractivity contribution in [1.82, 2.24) is 9.80 Å². The van der Waals surface area contributed by atoms with E-state index in [1.165, 1.54) is 18.4 Å². The Kier molecular flexibility index (Phi) is 4.81. The summed E-state index contributed by atoms with van der Waals surface area (Å²) in [5.41, 5.74) is 1.39. The molecule has 1 saturated heterocycles. The maximum atomic E-state index is 11.7. The number of likely N-dealkylation sites (tertiary alicyclic amines) is 1. The third-order valence-corrected chi connectivity index (χ3v) is 4.77. The molecule has 1 unspecified atom stereocenters. The summed E-state index contributed by atoms with van der Waals surface area (Å²) in [6.07, 6.45) is 3.76. The van der Waals surface area contributed by atoms with E-state index in [-0.39, 0.29) is 11.8 Å². The molecule has 114 valence electrons. The Morgan fingerprint density at radius 1 is 1.24 bits per heavy atom. The van der Waals surface area contributed by atoms with Gasteiger partial charge in [-0.05, 0) is 30.7 Å². The molecule has 1 atom stereocenters. The number of hydrogen-bond acceptors (Lipinski definition) is 2. The number of nitrogens with zero attached hydrogens (tertiary/aromatic N) is 2. The third-order valence-electron chi connectivity index (χ3n) is 4.54. The van der Waals surface area contributed by atoms with Crippen LogP contribution in [0.1, 0.15) is 24.8 Å². The molecular formula is C17H23ClN2O. The van der Waals surface area contributed by atoms with Crippen molar-refractivity contribution in [3.05, 3.63) is 35.9 Å². The van der Waals surface area contributed by atoms with Crippen LogP contribution in [0.25, 0.3) is 0 Å². The molecule has 2 fully saturated rings. The van der Waals surface area contributed by atoms with Crippen LogP contribution in [0, 0.1) is 5.92 Å². The SMILES string of the molecule is O=C(CCl)N1CCC(CN(Cc2ccccc2)C2CC2)C1. The van der Waals surface area contributed by atoms with Crippen LogP contribution in [0.3, 0.4) is 0 Å². The van der Waals surface area contributed by atoms with Crippen LogP contribution in [-0.2, 0) is 11.3 Å². The molecule has 1 aliphatic carbocycles. The van der Waals surface area contributed by atoms with Gasteiger partial charge >= 0.3 is 0 Å². The summed E-state index contributed by atoms with van der Waals surface area (Å²) >= 11 is 5.65. The zero-order valence-electron chi connectivity index (χ0n) is 12.4. The predicted molar refractivity (Wildman–Crippen MR) is 85.3 cm³/mol. The van der Waals surface area contributed by atoms with Gasteiger partial charge in [0.2, 0.25) is 5.91 Å². The maximum Gasteiger partial charge on any atom is 0.237 e. The first-order valence-electron chi connectivity index (χ1n) is 7.88. The molecule has 0 aromatic heterocycles. The zero-order chi connectivity index (χ0) is 14.7. The van der Waals surface area contributed by atoms with Crippen molar-refractivity contribution in [2.75, 3.05) is 25.5 Å². The van der Waals surface area contributed by atoms with Crippen LogP contribution < -0.4 is 0 Å². The van der Waals surface area contributed by atoms with E-state index < -0.39 is 0 Å². The average molecular weight is 307 g/mol. The second kappa shape index (κ2) is 6.80. The number of carbonyl (C=O) groups is 1. The van der Waals surface area contributed by atoms with Crippen molar-refractivity contribution in [3.8, 4) is 0 Å². The molecule has 0 spiro atoms. The lowest BCUT2D eigenvalue weighted by atomic mass is 10.1. The fourth-order valence-electron chi connectivity index (χ4n) is 3.22. The van der Waals surface area contributed by atoms with Gasteiger partial charge in [-0.15, -0.1) is 11.6 Å². The molecule has 2 aliphatic rings. The smallest absolute Gasteiger partial charge is 0.237 e. The first kappa shape index (κ1) is 14.9. The Morgan fingerprint density at radius 2 is 2.00 bits per heavy atom. The highest BCUT2D eigenvalue weighted by atomic mass is 35.5. The molecule has 21 heavy (non-hydrogen) atoms. The van der Waals surface area contributed by atoms with Gasteiger partial charge in [0.1, 0.15) is 5.88 Å². The summed E-state index contributed by atoms with van der Waals surface area (Å²) in [7, 11) is 0. The number of hydrogen-bond donors (Lipinski definition) is 0. The van der Waals surface area contributed by atoms with Crippen LogP contribution in [0.5, 0.6) is 0 Å². The summed E-state index contributed by atoms with van der Waals surface area (Å²) in [5, 5.41) is 0. The van der Waals surface area contributed by atoms with Gasteiger partial charge in [-0.2, -0.15) is 0 Å². The molecule has 0 radical (unpaired) electrons. The number of halogens is 1. The summed E-state index contributed by atoms with van der Waals surface area (Å²) in [6, 6.07) is 11.4.